The second-order valence-corrected chi connectivity index (χ2v) is 10.0. The van der Waals surface area contributed by atoms with Crippen molar-refractivity contribution >= 4 is 58.0 Å². The highest BCUT2D eigenvalue weighted by molar-refractivity contribution is 7.13. The number of aliphatic imine (C=N–C) groups is 1. The van der Waals surface area contributed by atoms with Gasteiger partial charge in [0.15, 0.2) is 11.1 Å². The van der Waals surface area contributed by atoms with Crippen LogP contribution in [0.25, 0.3) is 0 Å². The van der Waals surface area contributed by atoms with Crippen LogP contribution in [-0.2, 0) is 6.54 Å². The van der Waals surface area contributed by atoms with Gasteiger partial charge in [-0.1, -0.05) is 89.9 Å². The number of hydrogen-bond donors (Lipinski definition) is 2. The smallest absolute Gasteiger partial charge is 0.199 e. The molecular weight excluding hydrogens is 559 g/mol. The minimum absolute atomic E-state index is 0. The van der Waals surface area contributed by atoms with Crippen molar-refractivity contribution in [2.75, 3.05) is 5.32 Å². The Morgan fingerprint density at radius 2 is 1.66 bits per heavy atom. The second-order valence-electron chi connectivity index (χ2n) is 8.29. The Hall–Kier alpha value is -3.36. The molecule has 5 rings (SSSR count). The average Bonchev–Trinajstić information content (AvgIpc) is 3.62. The number of hydrogen-bond acceptors (Lipinski definition) is 4. The van der Waals surface area contributed by atoms with Crippen LogP contribution in [-0.4, -0.2) is 20.5 Å². The normalized spacial score (nSPS) is 12.1. The van der Waals surface area contributed by atoms with Gasteiger partial charge in [0.2, 0.25) is 0 Å². The van der Waals surface area contributed by atoms with Crippen molar-refractivity contribution in [3.8, 4) is 0 Å². The van der Waals surface area contributed by atoms with Gasteiger partial charge in [0.05, 0.1) is 12.4 Å². The highest BCUT2D eigenvalue weighted by atomic mass is 35.5. The van der Waals surface area contributed by atoms with E-state index in [-0.39, 0.29) is 24.5 Å². The number of imidazole rings is 1. The third-order valence-corrected chi connectivity index (χ3v) is 7.00. The molecule has 0 amide bonds. The van der Waals surface area contributed by atoms with Gasteiger partial charge in [-0.2, -0.15) is 0 Å². The quantitative estimate of drug-likeness (QED) is 0.145. The van der Waals surface area contributed by atoms with Crippen molar-refractivity contribution in [2.45, 2.75) is 18.6 Å². The molecule has 0 saturated heterocycles. The summed E-state index contributed by atoms with van der Waals surface area (Å²) in [6.45, 7) is 0.571. The van der Waals surface area contributed by atoms with Crippen molar-refractivity contribution in [1.29, 1.82) is 0 Å². The largest absolute Gasteiger partial charge is 0.347 e. The summed E-state index contributed by atoms with van der Waals surface area (Å²) in [5, 5.41) is 10.8. The lowest BCUT2D eigenvalue weighted by molar-refractivity contribution is 0.530. The van der Waals surface area contributed by atoms with E-state index in [1.807, 2.05) is 64.7 Å². The van der Waals surface area contributed by atoms with Crippen LogP contribution in [0.15, 0.2) is 114 Å². The third kappa shape index (κ3) is 7.14. The third-order valence-electron chi connectivity index (χ3n) is 5.75. The number of nitrogens with zero attached hydrogens (tertiary/aromatic N) is 4. The molecule has 6 nitrogen and oxygen atoms in total. The summed E-state index contributed by atoms with van der Waals surface area (Å²) >= 11 is 14.4. The molecule has 0 aliphatic rings. The first kappa shape index (κ1) is 27.7. The van der Waals surface area contributed by atoms with E-state index in [2.05, 4.69) is 44.9 Å². The first-order chi connectivity index (χ1) is 18.2. The molecule has 0 spiro atoms. The van der Waals surface area contributed by atoms with Crippen molar-refractivity contribution in [3.63, 3.8) is 0 Å². The van der Waals surface area contributed by atoms with Gasteiger partial charge < -0.3 is 15.2 Å². The molecule has 2 heterocycles. The number of guanidine groups is 1. The van der Waals surface area contributed by atoms with Crippen LogP contribution < -0.4 is 10.6 Å². The fraction of sp³-hybridized carbons (Fsp3) is 0.107. The average molecular weight is 584 g/mol. The monoisotopic (exact) mass is 582 g/mol. The molecule has 2 N–H and O–H groups in total. The van der Waals surface area contributed by atoms with E-state index in [4.69, 9.17) is 28.2 Å². The molecule has 2 aromatic heterocycles. The second kappa shape index (κ2) is 13.4. The summed E-state index contributed by atoms with van der Waals surface area (Å²) in [6.07, 6.45) is 7.21. The number of aromatic nitrogens is 3. The molecule has 38 heavy (non-hydrogen) atoms. The number of rotatable bonds is 8. The first-order valence-electron chi connectivity index (χ1n) is 11.7. The van der Waals surface area contributed by atoms with Crippen LogP contribution in [0.2, 0.25) is 10.0 Å². The molecular formula is C28H25Cl3N6S. The molecule has 194 valence electrons. The number of anilines is 1. The maximum absolute atomic E-state index is 6.67. The zero-order valence-electron chi connectivity index (χ0n) is 20.1. The Balaban J connectivity index is 0.00000336. The topological polar surface area (TPSA) is 67.1 Å². The Labute approximate surface area is 241 Å². The predicted molar refractivity (Wildman–Crippen MR) is 160 cm³/mol. The van der Waals surface area contributed by atoms with E-state index >= 15 is 0 Å². The molecule has 0 aliphatic heterocycles. The molecule has 1 unspecified atom stereocenters. The van der Waals surface area contributed by atoms with Crippen LogP contribution in [0, 0.1) is 0 Å². The van der Waals surface area contributed by atoms with E-state index in [1.165, 1.54) is 11.3 Å². The predicted octanol–water partition coefficient (Wildman–Crippen LogP) is 7.66. The Bertz CT molecular complexity index is 1390. The molecule has 0 saturated carbocycles. The van der Waals surface area contributed by atoms with Gasteiger partial charge in [0, 0.05) is 40.6 Å². The Morgan fingerprint density at radius 3 is 2.24 bits per heavy atom. The maximum atomic E-state index is 6.67. The lowest BCUT2D eigenvalue weighted by Crippen LogP contribution is -2.37. The van der Waals surface area contributed by atoms with Gasteiger partial charge in [-0.05, 0) is 28.8 Å². The Morgan fingerprint density at radius 1 is 0.947 bits per heavy atom. The molecule has 3 aromatic carbocycles. The number of thiazole rings is 1. The summed E-state index contributed by atoms with van der Waals surface area (Å²) in [5.41, 5.74) is 3.04. The Kier molecular flexibility index (Phi) is 9.79. The minimum Gasteiger partial charge on any atom is -0.347 e. The van der Waals surface area contributed by atoms with Crippen LogP contribution in [0.1, 0.15) is 28.8 Å². The van der Waals surface area contributed by atoms with E-state index in [0.717, 1.165) is 21.8 Å². The van der Waals surface area contributed by atoms with Gasteiger partial charge in [0.25, 0.3) is 0 Å². The SMILES string of the molecule is Cl.Clc1ccc(C(Cn2ccnc2)NC(=NC(c2ccccc2)c2ccccc2)Nc2nccs2)c(Cl)c1. The van der Waals surface area contributed by atoms with Gasteiger partial charge in [-0.15, -0.1) is 23.7 Å². The molecule has 5 aromatic rings. The summed E-state index contributed by atoms with van der Waals surface area (Å²) < 4.78 is 2.00. The van der Waals surface area contributed by atoms with E-state index < -0.39 is 0 Å². The van der Waals surface area contributed by atoms with Crippen molar-refractivity contribution in [2.24, 2.45) is 4.99 Å². The van der Waals surface area contributed by atoms with Gasteiger partial charge in [0.1, 0.15) is 6.04 Å². The first-order valence-corrected chi connectivity index (χ1v) is 13.3. The number of halogens is 3. The van der Waals surface area contributed by atoms with E-state index in [0.29, 0.717) is 22.5 Å². The summed E-state index contributed by atoms with van der Waals surface area (Å²) in [6, 6.07) is 25.5. The molecule has 1 atom stereocenters. The lowest BCUT2D eigenvalue weighted by Gasteiger charge is -2.25. The van der Waals surface area contributed by atoms with Crippen LogP contribution in [0.5, 0.6) is 0 Å². The fourth-order valence-corrected chi connectivity index (χ4v) is 5.08. The molecule has 0 radical (unpaired) electrons. The number of nitrogens with one attached hydrogen (secondary N) is 2. The summed E-state index contributed by atoms with van der Waals surface area (Å²) in [4.78, 5) is 13.8. The van der Waals surface area contributed by atoms with Crippen molar-refractivity contribution in [3.05, 3.63) is 136 Å². The highest BCUT2D eigenvalue weighted by Gasteiger charge is 2.21. The van der Waals surface area contributed by atoms with Gasteiger partial charge in [-0.3, -0.25) is 0 Å². The molecule has 0 fully saturated rings. The molecule has 0 bridgehead atoms. The summed E-state index contributed by atoms with van der Waals surface area (Å²) in [7, 11) is 0. The zero-order valence-corrected chi connectivity index (χ0v) is 23.3. The molecule has 0 aliphatic carbocycles. The fourth-order valence-electron chi connectivity index (χ4n) is 4.01. The lowest BCUT2D eigenvalue weighted by atomic mass is 9.99. The van der Waals surface area contributed by atoms with Crippen LogP contribution >= 0.6 is 46.9 Å². The number of benzene rings is 3. The van der Waals surface area contributed by atoms with Gasteiger partial charge >= 0.3 is 0 Å². The summed E-state index contributed by atoms with van der Waals surface area (Å²) in [5.74, 6) is 0.573. The highest BCUT2D eigenvalue weighted by Crippen LogP contribution is 2.29. The van der Waals surface area contributed by atoms with Gasteiger partial charge in [-0.25, -0.2) is 15.0 Å². The van der Waals surface area contributed by atoms with Crippen molar-refractivity contribution < 1.29 is 0 Å². The standard InChI is InChI=1S/C28H24Cl2N6S.ClH/c29-22-11-12-23(24(30)17-22)25(18-36-15-13-31-19-36)33-27(35-28-32-14-16-37-28)34-26(20-7-3-1-4-8-20)21-9-5-2-6-10-21;/h1-17,19,25-26H,18H2,(H2,32,33,34,35);1H. The minimum atomic E-state index is -0.244. The zero-order chi connectivity index (χ0) is 25.5. The van der Waals surface area contributed by atoms with E-state index in [9.17, 15) is 0 Å². The van der Waals surface area contributed by atoms with E-state index in [1.54, 1.807) is 24.8 Å². The van der Waals surface area contributed by atoms with Crippen LogP contribution in [0.4, 0.5) is 5.13 Å². The van der Waals surface area contributed by atoms with Crippen molar-refractivity contribution in [1.82, 2.24) is 19.9 Å². The maximum Gasteiger partial charge on any atom is 0.199 e. The van der Waals surface area contributed by atoms with Crippen LogP contribution in [0.3, 0.4) is 0 Å². The molecule has 10 heteroatoms.